The normalized spacial score (nSPS) is 11.0. The van der Waals surface area contributed by atoms with Gasteiger partial charge in [0.25, 0.3) is 0 Å². The summed E-state index contributed by atoms with van der Waals surface area (Å²) in [5.74, 6) is 1.08. The summed E-state index contributed by atoms with van der Waals surface area (Å²) in [5, 5.41) is 3.99. The molecule has 0 bridgehead atoms. The molecule has 0 aliphatic heterocycles. The van der Waals surface area contributed by atoms with Gasteiger partial charge >= 0.3 is 0 Å². The fourth-order valence-electron chi connectivity index (χ4n) is 3.78. The third-order valence-electron chi connectivity index (χ3n) is 5.58. The molecule has 0 saturated heterocycles. The fraction of sp³-hybridized carbons (Fsp3) is 0.241. The molecule has 34 heavy (non-hydrogen) atoms. The van der Waals surface area contributed by atoms with E-state index >= 15 is 0 Å². The lowest BCUT2D eigenvalue weighted by atomic mass is 10.0. The van der Waals surface area contributed by atoms with Gasteiger partial charge in [0.15, 0.2) is 5.16 Å². The molecule has 1 heterocycles. The van der Waals surface area contributed by atoms with Gasteiger partial charge in [-0.25, -0.2) is 4.98 Å². The van der Waals surface area contributed by atoms with Gasteiger partial charge in [-0.1, -0.05) is 104 Å². The van der Waals surface area contributed by atoms with Gasteiger partial charge in [-0.2, -0.15) is 0 Å². The summed E-state index contributed by atoms with van der Waals surface area (Å²) < 4.78 is 2.28. The van der Waals surface area contributed by atoms with Crippen molar-refractivity contribution in [3.8, 4) is 28.2 Å². The number of imidazole rings is 1. The molecule has 1 amide bonds. The Balaban J connectivity index is 1.65. The highest BCUT2D eigenvalue weighted by Crippen LogP contribution is 2.38. The van der Waals surface area contributed by atoms with Crippen LogP contribution < -0.4 is 5.32 Å². The third kappa shape index (κ3) is 5.78. The lowest BCUT2D eigenvalue weighted by molar-refractivity contribution is -0.123. The molecule has 0 saturated carbocycles. The maximum atomic E-state index is 11.8. The number of rotatable bonds is 10. The second-order valence-corrected chi connectivity index (χ2v) is 9.56. The minimum Gasteiger partial charge on any atom is -0.356 e. The molecule has 4 nitrogen and oxygen atoms in total. The second-order valence-electron chi connectivity index (χ2n) is 8.50. The van der Waals surface area contributed by atoms with Gasteiger partial charge in [0.2, 0.25) is 5.91 Å². The minimum absolute atomic E-state index is 0.0283. The van der Waals surface area contributed by atoms with Crippen LogP contribution in [0.4, 0.5) is 0 Å². The van der Waals surface area contributed by atoms with Gasteiger partial charge in [0, 0.05) is 35.0 Å². The molecule has 0 atom stereocenters. The van der Waals surface area contributed by atoms with Crippen LogP contribution in [0, 0.1) is 5.92 Å². The van der Waals surface area contributed by atoms with E-state index in [9.17, 15) is 4.79 Å². The highest BCUT2D eigenvalue weighted by Gasteiger charge is 2.21. The number of nitrogens with one attached hydrogen (secondary N) is 1. The van der Waals surface area contributed by atoms with Crippen LogP contribution in [0.25, 0.3) is 28.2 Å². The van der Waals surface area contributed by atoms with Crippen molar-refractivity contribution in [1.29, 1.82) is 0 Å². The first kappa shape index (κ1) is 23.8. The number of nitrogens with zero attached hydrogens (tertiary/aromatic N) is 2. The maximum absolute atomic E-state index is 11.8. The van der Waals surface area contributed by atoms with E-state index in [1.807, 2.05) is 32.0 Å². The number of thioether (sulfide) groups is 1. The lowest BCUT2D eigenvalue weighted by Crippen LogP contribution is -2.28. The standard InChI is InChI=1S/C29H31N3OS/c1-22(2)28(33)30-20-12-13-21-34-29-31-26(23-14-6-3-7-15-23)27(24-16-8-4-9-17-24)32(29)25-18-10-5-11-19-25/h3-11,14-19,22H,12-13,20-21H2,1-2H3,(H,30,33). The van der Waals surface area contributed by atoms with Gasteiger partial charge in [-0.15, -0.1) is 0 Å². The van der Waals surface area contributed by atoms with Crippen molar-refractivity contribution in [1.82, 2.24) is 14.9 Å². The molecular weight excluding hydrogens is 438 g/mol. The van der Waals surface area contributed by atoms with E-state index in [1.54, 1.807) is 11.8 Å². The van der Waals surface area contributed by atoms with Crippen LogP contribution in [0.5, 0.6) is 0 Å². The lowest BCUT2D eigenvalue weighted by Gasteiger charge is -2.13. The molecule has 0 aliphatic carbocycles. The zero-order chi connectivity index (χ0) is 23.8. The Bertz CT molecular complexity index is 1190. The zero-order valence-electron chi connectivity index (χ0n) is 19.8. The van der Waals surface area contributed by atoms with Gasteiger partial charge in [0.1, 0.15) is 0 Å². The summed E-state index contributed by atoms with van der Waals surface area (Å²) in [6.45, 7) is 4.56. The van der Waals surface area contributed by atoms with Gasteiger partial charge in [-0.05, 0) is 25.0 Å². The van der Waals surface area contributed by atoms with E-state index in [0.29, 0.717) is 0 Å². The van der Waals surface area contributed by atoms with Crippen LogP contribution in [0.1, 0.15) is 26.7 Å². The number of hydrogen-bond acceptors (Lipinski definition) is 3. The van der Waals surface area contributed by atoms with E-state index in [2.05, 4.69) is 82.7 Å². The van der Waals surface area contributed by atoms with E-state index in [0.717, 1.165) is 58.5 Å². The number of unbranched alkanes of at least 4 members (excludes halogenated alkanes) is 1. The Hall–Kier alpha value is -3.31. The monoisotopic (exact) mass is 469 g/mol. The highest BCUT2D eigenvalue weighted by atomic mass is 32.2. The zero-order valence-corrected chi connectivity index (χ0v) is 20.6. The quantitative estimate of drug-likeness (QED) is 0.204. The molecule has 0 aliphatic rings. The Morgan fingerprint density at radius 2 is 1.44 bits per heavy atom. The molecule has 1 aromatic heterocycles. The first-order valence-electron chi connectivity index (χ1n) is 11.8. The summed E-state index contributed by atoms with van der Waals surface area (Å²) in [6.07, 6.45) is 1.96. The predicted octanol–water partition coefficient (Wildman–Crippen LogP) is 6.85. The molecule has 4 rings (SSSR count). The van der Waals surface area contributed by atoms with Crippen LogP contribution in [0.15, 0.2) is 96.2 Å². The fourth-order valence-corrected chi connectivity index (χ4v) is 4.79. The molecule has 4 aromatic rings. The average Bonchev–Trinajstić information content (AvgIpc) is 3.27. The number of carbonyl (C=O) groups excluding carboxylic acids is 1. The molecule has 0 unspecified atom stereocenters. The Morgan fingerprint density at radius 1 is 0.853 bits per heavy atom. The summed E-state index contributed by atoms with van der Waals surface area (Å²) in [7, 11) is 0. The van der Waals surface area contributed by atoms with Crippen molar-refractivity contribution < 1.29 is 4.79 Å². The maximum Gasteiger partial charge on any atom is 0.222 e. The first-order chi connectivity index (χ1) is 16.6. The number of amides is 1. The van der Waals surface area contributed by atoms with Crippen LogP contribution >= 0.6 is 11.8 Å². The summed E-state index contributed by atoms with van der Waals surface area (Å²) in [6, 6.07) is 31.3. The first-order valence-corrected chi connectivity index (χ1v) is 12.8. The Morgan fingerprint density at radius 3 is 2.06 bits per heavy atom. The predicted molar refractivity (Wildman–Crippen MR) is 142 cm³/mol. The largest absolute Gasteiger partial charge is 0.356 e. The number of hydrogen-bond donors (Lipinski definition) is 1. The van der Waals surface area contributed by atoms with Crippen molar-refractivity contribution in [2.45, 2.75) is 31.8 Å². The van der Waals surface area contributed by atoms with Crippen LogP contribution in [-0.4, -0.2) is 27.8 Å². The van der Waals surface area contributed by atoms with Gasteiger partial charge in [-0.3, -0.25) is 9.36 Å². The number of aromatic nitrogens is 2. The molecular formula is C29H31N3OS. The highest BCUT2D eigenvalue weighted by molar-refractivity contribution is 7.99. The number of benzene rings is 3. The molecule has 0 spiro atoms. The molecule has 0 fully saturated rings. The van der Waals surface area contributed by atoms with Crippen LogP contribution in [0.3, 0.4) is 0 Å². The summed E-state index contributed by atoms with van der Waals surface area (Å²) >= 11 is 1.77. The van der Waals surface area contributed by atoms with Gasteiger partial charge < -0.3 is 5.32 Å². The van der Waals surface area contributed by atoms with E-state index < -0.39 is 0 Å². The van der Waals surface area contributed by atoms with Crippen molar-refractivity contribution in [2.75, 3.05) is 12.3 Å². The summed E-state index contributed by atoms with van der Waals surface area (Å²) in [4.78, 5) is 16.9. The summed E-state index contributed by atoms with van der Waals surface area (Å²) in [5.41, 5.74) is 5.44. The molecule has 174 valence electrons. The van der Waals surface area contributed by atoms with Crippen molar-refractivity contribution >= 4 is 17.7 Å². The number of carbonyl (C=O) groups is 1. The third-order valence-corrected chi connectivity index (χ3v) is 6.61. The van der Waals surface area contributed by atoms with Crippen molar-refractivity contribution in [2.24, 2.45) is 5.92 Å². The second kappa shape index (κ2) is 11.7. The van der Waals surface area contributed by atoms with E-state index in [1.165, 1.54) is 0 Å². The Kier molecular flexibility index (Phi) is 8.21. The van der Waals surface area contributed by atoms with Crippen LogP contribution in [-0.2, 0) is 4.79 Å². The smallest absolute Gasteiger partial charge is 0.222 e. The minimum atomic E-state index is 0.0283. The van der Waals surface area contributed by atoms with E-state index in [4.69, 9.17) is 4.98 Å². The van der Waals surface area contributed by atoms with Crippen molar-refractivity contribution in [3.63, 3.8) is 0 Å². The SMILES string of the molecule is CC(C)C(=O)NCCCCSc1nc(-c2ccccc2)c(-c2ccccc2)n1-c1ccccc1. The van der Waals surface area contributed by atoms with E-state index in [-0.39, 0.29) is 11.8 Å². The average molecular weight is 470 g/mol. The van der Waals surface area contributed by atoms with Crippen molar-refractivity contribution in [3.05, 3.63) is 91.0 Å². The van der Waals surface area contributed by atoms with Gasteiger partial charge in [0.05, 0.1) is 11.4 Å². The molecule has 3 aromatic carbocycles. The van der Waals surface area contributed by atoms with Crippen LogP contribution in [0.2, 0.25) is 0 Å². The molecule has 1 N–H and O–H groups in total. The topological polar surface area (TPSA) is 46.9 Å². The Labute approximate surface area is 206 Å². The molecule has 5 heteroatoms. The molecule has 0 radical (unpaired) electrons. The number of para-hydroxylation sites is 1.